The van der Waals surface area contributed by atoms with Crippen molar-refractivity contribution >= 4 is 28.6 Å². The summed E-state index contributed by atoms with van der Waals surface area (Å²) in [5.74, 6) is -0.430. The molecule has 0 aliphatic heterocycles. The molecule has 0 spiro atoms. The molecule has 0 aliphatic rings. The molecule has 0 saturated carbocycles. The first-order valence-electron chi connectivity index (χ1n) is 5.11. The second-order valence-corrected chi connectivity index (χ2v) is 4.07. The maximum absolute atomic E-state index is 10.9. The molecule has 0 saturated heterocycles. The van der Waals surface area contributed by atoms with Crippen molar-refractivity contribution in [3.8, 4) is 11.4 Å². The standard InChI is InChI=1S/C12H7ClN2O3/c13-10-7(3-4-18-10)11-14-8-2-1-6(12(16)17)5-9(8)15-11/h1-5H,(H,14,15)(H,16,17). The van der Waals surface area contributed by atoms with Gasteiger partial charge in [-0.2, -0.15) is 0 Å². The zero-order chi connectivity index (χ0) is 12.7. The fourth-order valence-corrected chi connectivity index (χ4v) is 1.94. The van der Waals surface area contributed by atoms with E-state index in [-0.39, 0.29) is 10.8 Å². The van der Waals surface area contributed by atoms with E-state index in [0.29, 0.717) is 22.4 Å². The summed E-state index contributed by atoms with van der Waals surface area (Å²) in [5, 5.41) is 9.15. The Kier molecular flexibility index (Phi) is 2.34. The molecule has 0 amide bonds. The number of H-pyrrole nitrogens is 1. The number of furan rings is 1. The third kappa shape index (κ3) is 1.65. The van der Waals surface area contributed by atoms with E-state index in [1.165, 1.54) is 18.4 Å². The monoisotopic (exact) mass is 262 g/mol. The molecule has 0 fully saturated rings. The second-order valence-electron chi connectivity index (χ2n) is 3.73. The van der Waals surface area contributed by atoms with Gasteiger partial charge in [-0.3, -0.25) is 0 Å². The Balaban J connectivity index is 2.17. The van der Waals surface area contributed by atoms with Crippen molar-refractivity contribution in [2.24, 2.45) is 0 Å². The van der Waals surface area contributed by atoms with Crippen LogP contribution in [0.15, 0.2) is 34.9 Å². The second kappa shape index (κ2) is 3.89. The Morgan fingerprint density at radius 2 is 2.22 bits per heavy atom. The molecule has 2 heterocycles. The molecule has 3 rings (SSSR count). The summed E-state index contributed by atoms with van der Waals surface area (Å²) in [6, 6.07) is 6.37. The smallest absolute Gasteiger partial charge is 0.335 e. The van der Waals surface area contributed by atoms with Gasteiger partial charge in [-0.25, -0.2) is 9.78 Å². The molecule has 2 N–H and O–H groups in total. The topological polar surface area (TPSA) is 79.1 Å². The molecule has 0 bridgehead atoms. The van der Waals surface area contributed by atoms with Crippen molar-refractivity contribution < 1.29 is 14.3 Å². The van der Waals surface area contributed by atoms with Gasteiger partial charge in [0.1, 0.15) is 5.82 Å². The minimum atomic E-state index is -0.977. The minimum Gasteiger partial charge on any atom is -0.478 e. The van der Waals surface area contributed by atoms with Gasteiger partial charge in [-0.05, 0) is 35.9 Å². The molecular weight excluding hydrogens is 256 g/mol. The van der Waals surface area contributed by atoms with Gasteiger partial charge in [0.25, 0.3) is 0 Å². The van der Waals surface area contributed by atoms with Crippen LogP contribution in [-0.2, 0) is 0 Å². The fraction of sp³-hybridized carbons (Fsp3) is 0. The number of nitrogens with one attached hydrogen (secondary N) is 1. The summed E-state index contributed by atoms with van der Waals surface area (Å²) in [6.07, 6.45) is 1.47. The minimum absolute atomic E-state index is 0.205. The number of aromatic carboxylic acids is 1. The van der Waals surface area contributed by atoms with Crippen molar-refractivity contribution in [1.29, 1.82) is 0 Å². The van der Waals surface area contributed by atoms with Crippen LogP contribution in [0.4, 0.5) is 0 Å². The van der Waals surface area contributed by atoms with E-state index in [1.54, 1.807) is 12.1 Å². The number of carboxylic acid groups (broad SMARTS) is 1. The first kappa shape index (κ1) is 10.9. The maximum Gasteiger partial charge on any atom is 0.335 e. The number of benzene rings is 1. The molecule has 2 aromatic heterocycles. The number of aromatic amines is 1. The van der Waals surface area contributed by atoms with E-state index < -0.39 is 5.97 Å². The molecule has 5 nitrogen and oxygen atoms in total. The normalized spacial score (nSPS) is 10.9. The highest BCUT2D eigenvalue weighted by Gasteiger charge is 2.12. The van der Waals surface area contributed by atoms with Crippen LogP contribution in [0.3, 0.4) is 0 Å². The number of hydrogen-bond acceptors (Lipinski definition) is 3. The van der Waals surface area contributed by atoms with Crippen LogP contribution in [-0.4, -0.2) is 21.0 Å². The van der Waals surface area contributed by atoms with E-state index >= 15 is 0 Å². The Morgan fingerprint density at radius 3 is 2.89 bits per heavy atom. The Bertz CT molecular complexity index is 745. The van der Waals surface area contributed by atoms with Gasteiger partial charge in [-0.1, -0.05) is 0 Å². The van der Waals surface area contributed by atoms with Crippen LogP contribution < -0.4 is 0 Å². The van der Waals surface area contributed by atoms with Crippen LogP contribution in [0.5, 0.6) is 0 Å². The van der Waals surface area contributed by atoms with E-state index in [1.807, 2.05) is 0 Å². The van der Waals surface area contributed by atoms with E-state index in [0.717, 1.165) is 0 Å². The lowest BCUT2D eigenvalue weighted by Gasteiger charge is -1.92. The maximum atomic E-state index is 10.9. The van der Waals surface area contributed by atoms with Crippen LogP contribution in [0.2, 0.25) is 5.22 Å². The van der Waals surface area contributed by atoms with Crippen LogP contribution in [0.1, 0.15) is 10.4 Å². The number of aromatic nitrogens is 2. The van der Waals surface area contributed by atoms with Gasteiger partial charge in [0.15, 0.2) is 0 Å². The van der Waals surface area contributed by atoms with Crippen molar-refractivity contribution in [3.05, 3.63) is 41.3 Å². The number of halogens is 1. The van der Waals surface area contributed by atoms with Crippen molar-refractivity contribution in [3.63, 3.8) is 0 Å². The molecule has 18 heavy (non-hydrogen) atoms. The highest BCUT2D eigenvalue weighted by atomic mass is 35.5. The van der Waals surface area contributed by atoms with Crippen molar-refractivity contribution in [2.75, 3.05) is 0 Å². The molecule has 3 aromatic rings. The average molecular weight is 263 g/mol. The van der Waals surface area contributed by atoms with Crippen molar-refractivity contribution in [1.82, 2.24) is 9.97 Å². The highest BCUT2D eigenvalue weighted by Crippen LogP contribution is 2.28. The SMILES string of the molecule is O=C(O)c1ccc2nc(-c3ccoc3Cl)[nH]c2c1. The van der Waals surface area contributed by atoms with Crippen LogP contribution >= 0.6 is 11.6 Å². The number of fused-ring (bicyclic) bond motifs is 1. The summed E-state index contributed by atoms with van der Waals surface area (Å²) >= 11 is 5.86. The highest BCUT2D eigenvalue weighted by molar-refractivity contribution is 6.31. The molecule has 0 atom stereocenters. The summed E-state index contributed by atoms with van der Waals surface area (Å²) < 4.78 is 4.99. The molecule has 0 unspecified atom stereocenters. The lowest BCUT2D eigenvalue weighted by Crippen LogP contribution is -1.94. The molecule has 0 aliphatic carbocycles. The summed E-state index contributed by atoms with van der Waals surface area (Å²) in [6.45, 7) is 0. The summed E-state index contributed by atoms with van der Waals surface area (Å²) in [5.41, 5.74) is 2.16. The number of carbonyl (C=O) groups is 1. The van der Waals surface area contributed by atoms with Crippen molar-refractivity contribution in [2.45, 2.75) is 0 Å². The number of carboxylic acids is 1. The summed E-state index contributed by atoms with van der Waals surface area (Å²) in [7, 11) is 0. The Hall–Kier alpha value is -2.27. The third-order valence-corrected chi connectivity index (χ3v) is 2.89. The van der Waals surface area contributed by atoms with E-state index in [4.69, 9.17) is 21.1 Å². The molecule has 0 radical (unpaired) electrons. The molecule has 6 heteroatoms. The van der Waals surface area contributed by atoms with E-state index in [9.17, 15) is 4.79 Å². The molecule has 90 valence electrons. The first-order valence-corrected chi connectivity index (χ1v) is 5.49. The number of imidazole rings is 1. The molecular formula is C12H7ClN2O3. The van der Waals surface area contributed by atoms with Gasteiger partial charge in [0.05, 0.1) is 28.4 Å². The first-order chi connectivity index (χ1) is 8.65. The largest absolute Gasteiger partial charge is 0.478 e. The Labute approximate surface area is 106 Å². The fourth-order valence-electron chi connectivity index (χ4n) is 1.73. The van der Waals surface area contributed by atoms with Crippen LogP contribution in [0.25, 0.3) is 22.4 Å². The zero-order valence-corrected chi connectivity index (χ0v) is 9.73. The average Bonchev–Trinajstić information content (AvgIpc) is 2.92. The lowest BCUT2D eigenvalue weighted by molar-refractivity contribution is 0.0697. The van der Waals surface area contributed by atoms with Gasteiger partial charge in [-0.15, -0.1) is 0 Å². The number of nitrogens with zero attached hydrogens (tertiary/aromatic N) is 1. The zero-order valence-electron chi connectivity index (χ0n) is 8.98. The predicted octanol–water partition coefficient (Wildman–Crippen LogP) is 3.17. The summed E-state index contributed by atoms with van der Waals surface area (Å²) in [4.78, 5) is 18.2. The molecule has 1 aromatic carbocycles. The van der Waals surface area contributed by atoms with Crippen LogP contribution in [0, 0.1) is 0 Å². The van der Waals surface area contributed by atoms with Gasteiger partial charge in [0, 0.05) is 0 Å². The Morgan fingerprint density at radius 1 is 1.39 bits per heavy atom. The quantitative estimate of drug-likeness (QED) is 0.743. The number of rotatable bonds is 2. The third-order valence-electron chi connectivity index (χ3n) is 2.60. The lowest BCUT2D eigenvalue weighted by atomic mass is 10.2. The van der Waals surface area contributed by atoms with Gasteiger partial charge in [0.2, 0.25) is 5.22 Å². The van der Waals surface area contributed by atoms with Gasteiger partial charge < -0.3 is 14.5 Å². The van der Waals surface area contributed by atoms with Gasteiger partial charge >= 0.3 is 5.97 Å². The predicted molar refractivity (Wildman–Crippen MR) is 65.8 cm³/mol. The number of hydrogen-bond donors (Lipinski definition) is 2. The van der Waals surface area contributed by atoms with E-state index in [2.05, 4.69) is 9.97 Å².